The third kappa shape index (κ3) is 7.07. The number of aryl methyl sites for hydroxylation is 1. The van der Waals surface area contributed by atoms with E-state index >= 15 is 0 Å². The zero-order valence-corrected chi connectivity index (χ0v) is 23.8. The molecule has 0 aliphatic carbocycles. The van der Waals surface area contributed by atoms with Gasteiger partial charge < -0.3 is 20.3 Å². The molecule has 1 aromatic heterocycles. The van der Waals surface area contributed by atoms with Crippen LogP contribution in [-0.4, -0.2) is 70.8 Å². The molecule has 0 radical (unpaired) electrons. The summed E-state index contributed by atoms with van der Waals surface area (Å²) in [6.45, 7) is 2.01. The Labute approximate surface area is 244 Å². The van der Waals surface area contributed by atoms with Crippen molar-refractivity contribution in [3.63, 3.8) is 0 Å². The number of likely N-dealkylation sites (tertiary alicyclic amines) is 1. The highest BCUT2D eigenvalue weighted by atomic mass is 16.5. The van der Waals surface area contributed by atoms with Crippen molar-refractivity contribution < 1.29 is 19.1 Å². The third-order valence-corrected chi connectivity index (χ3v) is 8.80. The standard InChI is InChI=1S/C31H39N5O6/c37-26-9-10-28(39)36(34-26)17-12-27(38)35-16-11-24-23(21-35)8-4-5-13-31(14-18-42-19-15-31)30(41)33-25(29(40)32-24)20-22-6-2-1-3-7-22/h1-7,9-10,23-25H,8,11-21H2,(H,32,40)(H,33,41)(H,34,37)/b5-4+/t23-,24+,25-/m0/s1. The van der Waals surface area contributed by atoms with Crippen molar-refractivity contribution in [3.8, 4) is 0 Å². The minimum absolute atomic E-state index is 0.0136. The summed E-state index contributed by atoms with van der Waals surface area (Å²) >= 11 is 0. The van der Waals surface area contributed by atoms with E-state index in [1.165, 1.54) is 6.07 Å². The zero-order valence-electron chi connectivity index (χ0n) is 23.8. The molecule has 2 aromatic rings. The number of aromatic nitrogens is 2. The fraction of sp³-hybridized carbons (Fsp3) is 0.516. The zero-order chi connectivity index (χ0) is 29.5. The lowest BCUT2D eigenvalue weighted by atomic mass is 9.75. The number of H-pyrrole nitrogens is 1. The van der Waals surface area contributed by atoms with Crippen LogP contribution in [0.25, 0.3) is 0 Å². The topological polar surface area (TPSA) is 143 Å². The average Bonchev–Trinajstić information content (AvgIpc) is 3.00. The van der Waals surface area contributed by atoms with Crippen LogP contribution in [-0.2, 0) is 32.1 Å². The van der Waals surface area contributed by atoms with Crippen molar-refractivity contribution in [2.24, 2.45) is 11.3 Å². The number of carbonyl (C=O) groups excluding carboxylic acids is 3. The van der Waals surface area contributed by atoms with E-state index in [1.807, 2.05) is 30.3 Å². The SMILES string of the molecule is O=C1N[C@@H]2CCN(C(=O)CCn3[nH]c(=O)ccc3=O)C[C@@H]2C/C=C/CC2(CCOCC2)C(=O)N[C@H]1Cc1ccccc1. The fourth-order valence-corrected chi connectivity index (χ4v) is 6.20. The molecule has 2 fully saturated rings. The Morgan fingerprint density at radius 2 is 1.76 bits per heavy atom. The summed E-state index contributed by atoms with van der Waals surface area (Å²) in [6.07, 6.45) is 7.56. The molecule has 3 atom stereocenters. The van der Waals surface area contributed by atoms with E-state index in [-0.39, 0.29) is 48.2 Å². The number of hydrogen-bond acceptors (Lipinski definition) is 6. The second-order valence-corrected chi connectivity index (χ2v) is 11.6. The summed E-state index contributed by atoms with van der Waals surface area (Å²) < 4.78 is 6.72. The van der Waals surface area contributed by atoms with Gasteiger partial charge in [0.05, 0.1) is 12.0 Å². The van der Waals surface area contributed by atoms with Gasteiger partial charge >= 0.3 is 0 Å². The van der Waals surface area contributed by atoms with Crippen LogP contribution in [0.15, 0.2) is 64.2 Å². The van der Waals surface area contributed by atoms with Gasteiger partial charge in [-0.1, -0.05) is 42.5 Å². The first-order valence-corrected chi connectivity index (χ1v) is 14.8. The van der Waals surface area contributed by atoms with E-state index in [1.54, 1.807) is 4.90 Å². The molecule has 42 heavy (non-hydrogen) atoms. The number of aromatic amines is 1. The lowest BCUT2D eigenvalue weighted by Crippen LogP contribution is -2.58. The number of ether oxygens (including phenoxy) is 1. The average molecular weight is 578 g/mol. The van der Waals surface area contributed by atoms with Crippen LogP contribution in [0, 0.1) is 11.3 Å². The first-order valence-electron chi connectivity index (χ1n) is 14.8. The molecule has 3 amide bonds. The van der Waals surface area contributed by atoms with Crippen LogP contribution in [0.5, 0.6) is 0 Å². The highest BCUT2D eigenvalue weighted by molar-refractivity contribution is 5.90. The largest absolute Gasteiger partial charge is 0.381 e. The van der Waals surface area contributed by atoms with Crippen LogP contribution in [0.3, 0.4) is 0 Å². The second kappa shape index (κ2) is 13.3. The van der Waals surface area contributed by atoms with Gasteiger partial charge in [0, 0.05) is 63.2 Å². The highest BCUT2D eigenvalue weighted by Crippen LogP contribution is 2.36. The molecule has 4 heterocycles. The Balaban J connectivity index is 1.33. The molecule has 0 saturated carbocycles. The minimum Gasteiger partial charge on any atom is -0.381 e. The van der Waals surface area contributed by atoms with Crippen LogP contribution in [0.4, 0.5) is 0 Å². The van der Waals surface area contributed by atoms with Crippen molar-refractivity contribution >= 4 is 17.7 Å². The molecule has 11 nitrogen and oxygen atoms in total. The summed E-state index contributed by atoms with van der Waals surface area (Å²) in [4.78, 5) is 66.0. The molecule has 1 spiro atoms. The number of piperidine rings is 1. The van der Waals surface area contributed by atoms with E-state index < -0.39 is 17.0 Å². The summed E-state index contributed by atoms with van der Waals surface area (Å²) in [6, 6.07) is 11.1. The summed E-state index contributed by atoms with van der Waals surface area (Å²) in [5, 5.41) is 8.77. The number of hydrogen-bond donors (Lipinski definition) is 3. The van der Waals surface area contributed by atoms with Crippen LogP contribution in [0.1, 0.15) is 44.1 Å². The quantitative estimate of drug-likeness (QED) is 0.455. The number of carbonyl (C=O) groups is 3. The lowest BCUT2D eigenvalue weighted by molar-refractivity contribution is -0.140. The Morgan fingerprint density at radius 3 is 2.55 bits per heavy atom. The molecule has 0 unspecified atom stereocenters. The first-order chi connectivity index (χ1) is 20.3. The summed E-state index contributed by atoms with van der Waals surface area (Å²) in [5.74, 6) is -0.453. The molecule has 1 aromatic carbocycles. The van der Waals surface area contributed by atoms with Crippen LogP contribution >= 0.6 is 0 Å². The smallest absolute Gasteiger partial charge is 0.265 e. The Hall–Kier alpha value is -3.99. The molecule has 2 saturated heterocycles. The van der Waals surface area contributed by atoms with E-state index in [2.05, 4.69) is 27.9 Å². The summed E-state index contributed by atoms with van der Waals surface area (Å²) in [5.41, 5.74) is -0.439. The first kappa shape index (κ1) is 29.5. The molecular weight excluding hydrogens is 538 g/mol. The van der Waals surface area contributed by atoms with E-state index in [0.29, 0.717) is 64.8 Å². The second-order valence-electron chi connectivity index (χ2n) is 11.6. The molecule has 3 N–H and O–H groups in total. The predicted molar refractivity (Wildman–Crippen MR) is 155 cm³/mol. The molecule has 224 valence electrons. The van der Waals surface area contributed by atoms with Gasteiger partial charge in [-0.25, -0.2) is 4.68 Å². The Morgan fingerprint density at radius 1 is 0.976 bits per heavy atom. The number of allylic oxidation sites excluding steroid dienone is 2. The Kier molecular flexibility index (Phi) is 9.36. The fourth-order valence-electron chi connectivity index (χ4n) is 6.20. The van der Waals surface area contributed by atoms with Crippen molar-refractivity contribution in [1.82, 2.24) is 25.3 Å². The molecular formula is C31H39N5O6. The molecule has 3 aliphatic rings. The van der Waals surface area contributed by atoms with Crippen LogP contribution in [0.2, 0.25) is 0 Å². The third-order valence-electron chi connectivity index (χ3n) is 8.80. The van der Waals surface area contributed by atoms with Gasteiger partial charge in [-0.05, 0) is 37.7 Å². The number of nitrogens with one attached hydrogen (secondary N) is 3. The van der Waals surface area contributed by atoms with E-state index in [9.17, 15) is 24.0 Å². The number of benzene rings is 1. The molecule has 0 bridgehead atoms. The normalized spacial score (nSPS) is 25.3. The van der Waals surface area contributed by atoms with Crippen molar-refractivity contribution in [2.45, 2.75) is 63.6 Å². The number of amides is 3. The van der Waals surface area contributed by atoms with Crippen molar-refractivity contribution in [2.75, 3.05) is 26.3 Å². The number of fused-ring (bicyclic) bond motifs is 1. The lowest BCUT2D eigenvalue weighted by Gasteiger charge is -2.40. The van der Waals surface area contributed by atoms with E-state index in [4.69, 9.17) is 4.74 Å². The number of nitrogens with zero attached hydrogens (tertiary/aromatic N) is 2. The van der Waals surface area contributed by atoms with Crippen molar-refractivity contribution in [1.29, 1.82) is 0 Å². The van der Waals surface area contributed by atoms with Gasteiger partial charge in [-0.15, -0.1) is 0 Å². The molecule has 3 aliphatic heterocycles. The summed E-state index contributed by atoms with van der Waals surface area (Å²) in [7, 11) is 0. The van der Waals surface area contributed by atoms with Gasteiger partial charge in [-0.3, -0.25) is 29.1 Å². The van der Waals surface area contributed by atoms with Crippen molar-refractivity contribution in [3.05, 3.63) is 80.9 Å². The number of rotatable bonds is 5. The predicted octanol–water partition coefficient (Wildman–Crippen LogP) is 1.13. The van der Waals surface area contributed by atoms with Gasteiger partial charge in [-0.2, -0.15) is 0 Å². The minimum atomic E-state index is -0.727. The molecule has 11 heteroatoms. The molecule has 5 rings (SSSR count). The van der Waals surface area contributed by atoms with E-state index in [0.717, 1.165) is 16.3 Å². The van der Waals surface area contributed by atoms with Gasteiger partial charge in [0.15, 0.2) is 0 Å². The van der Waals surface area contributed by atoms with Gasteiger partial charge in [0.2, 0.25) is 17.7 Å². The van der Waals surface area contributed by atoms with Gasteiger partial charge in [0.1, 0.15) is 6.04 Å². The van der Waals surface area contributed by atoms with Gasteiger partial charge in [0.25, 0.3) is 11.1 Å². The maximum absolute atomic E-state index is 13.7. The van der Waals surface area contributed by atoms with Crippen LogP contribution < -0.4 is 21.8 Å². The maximum Gasteiger partial charge on any atom is 0.265 e. The highest BCUT2D eigenvalue weighted by Gasteiger charge is 2.41. The monoisotopic (exact) mass is 577 g/mol. The maximum atomic E-state index is 13.7. The Bertz CT molecular complexity index is 1410.